The number of esters is 1. The lowest BCUT2D eigenvalue weighted by Crippen LogP contribution is -2.30. The van der Waals surface area contributed by atoms with Gasteiger partial charge in [-0.05, 0) is 12.8 Å². The smallest absolute Gasteiger partial charge is 0.376 e. The fraction of sp³-hybridized carbons (Fsp3) is 0.875. The van der Waals surface area contributed by atoms with Gasteiger partial charge in [-0.3, -0.25) is 0 Å². The van der Waals surface area contributed by atoms with Gasteiger partial charge in [0.2, 0.25) is 0 Å². The minimum atomic E-state index is -3.44. The molecule has 1 rings (SSSR count). The predicted octanol–water partition coefficient (Wildman–Crippen LogP) is 1.10. The van der Waals surface area contributed by atoms with E-state index < -0.39 is 24.1 Å². The van der Waals surface area contributed by atoms with Crippen LogP contribution in [0.15, 0.2) is 0 Å². The number of rotatable bonds is 2. The molecule has 0 radical (unpaired) electrons. The standard InChI is InChI=1S/C8H12F2O3/c1-8(9,10)7(12)13-6-3-2-5(11)4-6/h5-6,11H,2-4H2,1H3. The Morgan fingerprint density at radius 3 is 2.54 bits per heavy atom. The number of hydrogen-bond donors (Lipinski definition) is 1. The number of ether oxygens (including phenoxy) is 1. The topological polar surface area (TPSA) is 46.5 Å². The molecule has 3 nitrogen and oxygen atoms in total. The van der Waals surface area contributed by atoms with Crippen LogP contribution in [0.3, 0.4) is 0 Å². The molecule has 76 valence electrons. The molecule has 5 heteroatoms. The van der Waals surface area contributed by atoms with Gasteiger partial charge in [0, 0.05) is 13.3 Å². The van der Waals surface area contributed by atoms with Crippen molar-refractivity contribution >= 4 is 5.97 Å². The van der Waals surface area contributed by atoms with Crippen LogP contribution >= 0.6 is 0 Å². The summed E-state index contributed by atoms with van der Waals surface area (Å²) in [7, 11) is 0. The van der Waals surface area contributed by atoms with Crippen molar-refractivity contribution in [2.45, 2.75) is 44.3 Å². The Morgan fingerprint density at radius 1 is 1.54 bits per heavy atom. The number of hydrogen-bond acceptors (Lipinski definition) is 3. The summed E-state index contributed by atoms with van der Waals surface area (Å²) in [6, 6.07) is 0. The fourth-order valence-electron chi connectivity index (χ4n) is 1.28. The summed E-state index contributed by atoms with van der Waals surface area (Å²) in [5.41, 5.74) is 0. The molecule has 0 aromatic rings. The summed E-state index contributed by atoms with van der Waals surface area (Å²) < 4.78 is 29.2. The van der Waals surface area contributed by atoms with Gasteiger partial charge in [0.05, 0.1) is 6.10 Å². The SMILES string of the molecule is CC(F)(F)C(=O)OC1CCC(O)C1. The van der Waals surface area contributed by atoms with Crippen LogP contribution in [0.1, 0.15) is 26.2 Å². The number of aliphatic hydroxyl groups is 1. The highest BCUT2D eigenvalue weighted by Gasteiger charge is 2.37. The normalized spacial score (nSPS) is 28.9. The van der Waals surface area contributed by atoms with E-state index in [-0.39, 0.29) is 6.42 Å². The van der Waals surface area contributed by atoms with Gasteiger partial charge >= 0.3 is 11.9 Å². The van der Waals surface area contributed by atoms with Crippen molar-refractivity contribution in [2.24, 2.45) is 0 Å². The second kappa shape index (κ2) is 3.57. The first-order valence-electron chi connectivity index (χ1n) is 4.16. The molecule has 1 fully saturated rings. The minimum absolute atomic E-state index is 0.266. The fourth-order valence-corrected chi connectivity index (χ4v) is 1.28. The van der Waals surface area contributed by atoms with Gasteiger partial charge in [0.1, 0.15) is 6.10 Å². The van der Waals surface area contributed by atoms with E-state index in [1.54, 1.807) is 0 Å². The average Bonchev–Trinajstić information content (AvgIpc) is 2.33. The highest BCUT2D eigenvalue weighted by molar-refractivity contribution is 5.77. The van der Waals surface area contributed by atoms with Crippen LogP contribution in [0.5, 0.6) is 0 Å². The third-order valence-corrected chi connectivity index (χ3v) is 1.99. The van der Waals surface area contributed by atoms with E-state index in [1.165, 1.54) is 0 Å². The van der Waals surface area contributed by atoms with E-state index in [2.05, 4.69) is 4.74 Å². The first-order chi connectivity index (χ1) is 5.89. The van der Waals surface area contributed by atoms with Crippen LogP contribution in [-0.2, 0) is 9.53 Å². The quantitative estimate of drug-likeness (QED) is 0.669. The number of halogens is 2. The number of alkyl halides is 2. The van der Waals surface area contributed by atoms with E-state index >= 15 is 0 Å². The molecule has 2 unspecified atom stereocenters. The molecule has 1 aliphatic carbocycles. The molecule has 0 aromatic heterocycles. The molecule has 1 N–H and O–H groups in total. The van der Waals surface area contributed by atoms with Crippen LogP contribution in [0.4, 0.5) is 8.78 Å². The maximum atomic E-state index is 12.3. The van der Waals surface area contributed by atoms with E-state index in [9.17, 15) is 13.6 Å². The van der Waals surface area contributed by atoms with Gasteiger partial charge in [-0.1, -0.05) is 0 Å². The van der Waals surface area contributed by atoms with Crippen molar-refractivity contribution in [3.8, 4) is 0 Å². The second-order valence-corrected chi connectivity index (χ2v) is 3.38. The van der Waals surface area contributed by atoms with Gasteiger partial charge in [-0.25, -0.2) is 4.79 Å². The zero-order chi connectivity index (χ0) is 10.1. The lowest BCUT2D eigenvalue weighted by molar-refractivity contribution is -0.174. The summed E-state index contributed by atoms with van der Waals surface area (Å²) >= 11 is 0. The molecule has 0 bridgehead atoms. The highest BCUT2D eigenvalue weighted by atomic mass is 19.3. The molecule has 0 aromatic carbocycles. The monoisotopic (exact) mass is 194 g/mol. The van der Waals surface area contributed by atoms with Crippen LogP contribution in [-0.4, -0.2) is 29.2 Å². The molecule has 0 heterocycles. The summed E-state index contributed by atoms with van der Waals surface area (Å²) in [5, 5.41) is 9.04. The summed E-state index contributed by atoms with van der Waals surface area (Å²) in [6.07, 6.45) is 0.162. The molecule has 1 aliphatic rings. The molecule has 1 saturated carbocycles. The lowest BCUT2D eigenvalue weighted by atomic mass is 10.3. The largest absolute Gasteiger partial charge is 0.458 e. The minimum Gasteiger partial charge on any atom is -0.458 e. The molecule has 0 saturated heterocycles. The van der Waals surface area contributed by atoms with E-state index in [0.29, 0.717) is 19.8 Å². The van der Waals surface area contributed by atoms with Gasteiger partial charge in [0.25, 0.3) is 0 Å². The van der Waals surface area contributed by atoms with E-state index in [0.717, 1.165) is 0 Å². The molecule has 0 spiro atoms. The van der Waals surface area contributed by atoms with E-state index in [4.69, 9.17) is 5.11 Å². The Bertz CT molecular complexity index is 200. The first-order valence-corrected chi connectivity index (χ1v) is 4.16. The van der Waals surface area contributed by atoms with E-state index in [1.807, 2.05) is 0 Å². The second-order valence-electron chi connectivity index (χ2n) is 3.38. The van der Waals surface area contributed by atoms with Gasteiger partial charge < -0.3 is 9.84 Å². The van der Waals surface area contributed by atoms with Crippen LogP contribution in [0.25, 0.3) is 0 Å². The van der Waals surface area contributed by atoms with Crippen LogP contribution in [0.2, 0.25) is 0 Å². The molecular formula is C8H12F2O3. The molecule has 13 heavy (non-hydrogen) atoms. The Labute approximate surface area is 74.7 Å². The zero-order valence-electron chi connectivity index (χ0n) is 7.30. The molecular weight excluding hydrogens is 182 g/mol. The summed E-state index contributed by atoms with van der Waals surface area (Å²) in [6.45, 7) is 0.501. The van der Waals surface area contributed by atoms with Crippen molar-refractivity contribution in [1.82, 2.24) is 0 Å². The van der Waals surface area contributed by atoms with Gasteiger partial charge in [-0.15, -0.1) is 0 Å². The van der Waals surface area contributed by atoms with Crippen LogP contribution in [0, 0.1) is 0 Å². The van der Waals surface area contributed by atoms with Crippen LogP contribution < -0.4 is 0 Å². The predicted molar refractivity (Wildman–Crippen MR) is 40.4 cm³/mol. The number of carbonyl (C=O) groups excluding carboxylic acids is 1. The summed E-state index contributed by atoms with van der Waals surface area (Å²) in [5.74, 6) is -4.94. The highest BCUT2D eigenvalue weighted by Crippen LogP contribution is 2.24. The molecule has 2 atom stereocenters. The number of aliphatic hydroxyl groups excluding tert-OH is 1. The van der Waals surface area contributed by atoms with Crippen molar-refractivity contribution < 1.29 is 23.4 Å². The van der Waals surface area contributed by atoms with Crippen molar-refractivity contribution in [2.75, 3.05) is 0 Å². The van der Waals surface area contributed by atoms with Gasteiger partial charge in [-0.2, -0.15) is 8.78 Å². The Balaban J connectivity index is 2.37. The average molecular weight is 194 g/mol. The van der Waals surface area contributed by atoms with Gasteiger partial charge in [0.15, 0.2) is 0 Å². The zero-order valence-corrected chi connectivity index (χ0v) is 7.30. The molecule has 0 aliphatic heterocycles. The third-order valence-electron chi connectivity index (χ3n) is 1.99. The third kappa shape index (κ3) is 2.91. The molecule has 0 amide bonds. The maximum Gasteiger partial charge on any atom is 0.376 e. The summed E-state index contributed by atoms with van der Waals surface area (Å²) in [4.78, 5) is 10.7. The Hall–Kier alpha value is -0.710. The van der Waals surface area contributed by atoms with Crippen molar-refractivity contribution in [3.63, 3.8) is 0 Å². The number of carbonyl (C=O) groups is 1. The Kier molecular flexibility index (Phi) is 2.85. The first kappa shape index (κ1) is 10.4. The lowest BCUT2D eigenvalue weighted by Gasteiger charge is -2.14. The van der Waals surface area contributed by atoms with Crippen molar-refractivity contribution in [1.29, 1.82) is 0 Å². The Morgan fingerprint density at radius 2 is 2.15 bits per heavy atom. The van der Waals surface area contributed by atoms with Crippen molar-refractivity contribution in [3.05, 3.63) is 0 Å². The maximum absolute atomic E-state index is 12.3.